The second kappa shape index (κ2) is 4.44. The molecule has 2 aromatic heterocycles. The van der Waals surface area contributed by atoms with Gasteiger partial charge in [-0.05, 0) is 36.2 Å². The van der Waals surface area contributed by atoms with Crippen molar-refractivity contribution in [2.75, 3.05) is 0 Å². The SMILES string of the molecule is CCc1nnsc1-c1nc2cc(C#N)ccc2n1C. The summed E-state index contributed by atoms with van der Waals surface area (Å²) in [6.07, 6.45) is 0.832. The smallest absolute Gasteiger partial charge is 0.154 e. The maximum Gasteiger partial charge on any atom is 0.154 e. The minimum Gasteiger partial charge on any atom is -0.326 e. The van der Waals surface area contributed by atoms with E-state index in [-0.39, 0.29) is 0 Å². The van der Waals surface area contributed by atoms with Crippen LogP contribution in [0.1, 0.15) is 18.2 Å². The van der Waals surface area contributed by atoms with Crippen molar-refractivity contribution in [2.45, 2.75) is 13.3 Å². The molecule has 0 atom stereocenters. The van der Waals surface area contributed by atoms with Crippen LogP contribution in [-0.4, -0.2) is 19.1 Å². The van der Waals surface area contributed by atoms with Gasteiger partial charge in [-0.25, -0.2) is 4.98 Å². The number of aryl methyl sites for hydroxylation is 2. The van der Waals surface area contributed by atoms with Crippen LogP contribution >= 0.6 is 11.5 Å². The van der Waals surface area contributed by atoms with Crippen molar-refractivity contribution in [3.8, 4) is 16.8 Å². The highest BCUT2D eigenvalue weighted by Gasteiger charge is 2.16. The van der Waals surface area contributed by atoms with Crippen molar-refractivity contribution in [3.05, 3.63) is 29.5 Å². The van der Waals surface area contributed by atoms with Gasteiger partial charge in [0.25, 0.3) is 0 Å². The van der Waals surface area contributed by atoms with E-state index in [4.69, 9.17) is 5.26 Å². The van der Waals surface area contributed by atoms with Crippen LogP contribution in [0.25, 0.3) is 21.7 Å². The van der Waals surface area contributed by atoms with Crippen LogP contribution < -0.4 is 0 Å². The summed E-state index contributed by atoms with van der Waals surface area (Å²) < 4.78 is 6.02. The molecule has 1 aromatic carbocycles. The lowest BCUT2D eigenvalue weighted by atomic mass is 10.2. The molecule has 0 aliphatic carbocycles. The maximum absolute atomic E-state index is 8.94. The zero-order valence-electron chi connectivity index (χ0n) is 10.6. The first-order chi connectivity index (χ1) is 9.24. The number of nitriles is 1. The molecule has 94 valence electrons. The molecule has 19 heavy (non-hydrogen) atoms. The van der Waals surface area contributed by atoms with E-state index < -0.39 is 0 Å². The third-order valence-electron chi connectivity index (χ3n) is 3.10. The number of aromatic nitrogens is 4. The molecule has 0 fully saturated rings. The molecule has 0 N–H and O–H groups in total. The minimum atomic E-state index is 0.621. The fourth-order valence-corrected chi connectivity index (χ4v) is 2.86. The minimum absolute atomic E-state index is 0.621. The van der Waals surface area contributed by atoms with E-state index in [1.807, 2.05) is 17.7 Å². The van der Waals surface area contributed by atoms with E-state index >= 15 is 0 Å². The van der Waals surface area contributed by atoms with E-state index in [1.165, 1.54) is 11.5 Å². The fraction of sp³-hybridized carbons (Fsp3) is 0.231. The monoisotopic (exact) mass is 269 g/mol. The second-order valence-electron chi connectivity index (χ2n) is 4.21. The molecule has 0 bridgehead atoms. The molecule has 6 heteroatoms. The Morgan fingerprint density at radius 1 is 1.42 bits per heavy atom. The van der Waals surface area contributed by atoms with E-state index in [2.05, 4.69) is 27.6 Å². The molecule has 0 amide bonds. The molecule has 0 radical (unpaired) electrons. The Balaban J connectivity index is 2.26. The average molecular weight is 269 g/mol. The third-order valence-corrected chi connectivity index (χ3v) is 3.87. The fourth-order valence-electron chi connectivity index (χ4n) is 2.08. The van der Waals surface area contributed by atoms with Crippen molar-refractivity contribution >= 4 is 22.6 Å². The number of fused-ring (bicyclic) bond motifs is 1. The predicted molar refractivity (Wildman–Crippen MR) is 73.7 cm³/mol. The summed E-state index contributed by atoms with van der Waals surface area (Å²) in [4.78, 5) is 5.61. The maximum atomic E-state index is 8.94. The van der Waals surface area contributed by atoms with Crippen molar-refractivity contribution in [1.82, 2.24) is 19.1 Å². The van der Waals surface area contributed by atoms with Gasteiger partial charge in [0.2, 0.25) is 0 Å². The third kappa shape index (κ3) is 1.79. The lowest BCUT2D eigenvalue weighted by Crippen LogP contribution is -1.93. The van der Waals surface area contributed by atoms with Gasteiger partial charge < -0.3 is 4.57 Å². The van der Waals surface area contributed by atoms with E-state index in [1.54, 1.807) is 12.1 Å². The molecule has 0 aliphatic heterocycles. The van der Waals surface area contributed by atoms with Gasteiger partial charge in [-0.3, -0.25) is 0 Å². The van der Waals surface area contributed by atoms with Gasteiger partial charge >= 0.3 is 0 Å². The summed E-state index contributed by atoms with van der Waals surface area (Å²) in [5.74, 6) is 0.858. The van der Waals surface area contributed by atoms with Crippen LogP contribution in [0.2, 0.25) is 0 Å². The number of benzene rings is 1. The zero-order chi connectivity index (χ0) is 13.4. The number of imidazole rings is 1. The van der Waals surface area contributed by atoms with Gasteiger partial charge in [0.05, 0.1) is 28.4 Å². The Bertz CT molecular complexity index is 793. The summed E-state index contributed by atoms with van der Waals surface area (Å²) in [7, 11) is 1.97. The highest BCUT2D eigenvalue weighted by atomic mass is 32.1. The van der Waals surface area contributed by atoms with E-state index in [0.29, 0.717) is 5.56 Å². The number of rotatable bonds is 2. The molecule has 0 saturated heterocycles. The van der Waals surface area contributed by atoms with Gasteiger partial charge in [-0.1, -0.05) is 11.4 Å². The van der Waals surface area contributed by atoms with Crippen molar-refractivity contribution in [3.63, 3.8) is 0 Å². The lowest BCUT2D eigenvalue weighted by Gasteiger charge is -2.00. The van der Waals surface area contributed by atoms with E-state index in [9.17, 15) is 0 Å². The second-order valence-corrected chi connectivity index (χ2v) is 4.97. The van der Waals surface area contributed by atoms with Crippen LogP contribution in [-0.2, 0) is 13.5 Å². The molecule has 0 aliphatic rings. The normalized spacial score (nSPS) is 10.8. The van der Waals surface area contributed by atoms with Crippen molar-refractivity contribution in [2.24, 2.45) is 7.05 Å². The Labute approximate surface area is 114 Å². The first-order valence-electron chi connectivity index (χ1n) is 5.92. The summed E-state index contributed by atoms with van der Waals surface area (Å²) >= 11 is 1.36. The molecule has 0 unspecified atom stereocenters. The van der Waals surface area contributed by atoms with Crippen LogP contribution in [0.5, 0.6) is 0 Å². The first kappa shape index (κ1) is 11.8. The van der Waals surface area contributed by atoms with Crippen LogP contribution in [0.15, 0.2) is 18.2 Å². The molecule has 3 aromatic rings. The largest absolute Gasteiger partial charge is 0.326 e. The van der Waals surface area contributed by atoms with Gasteiger partial charge in [0.15, 0.2) is 5.82 Å². The quantitative estimate of drug-likeness (QED) is 0.717. The Morgan fingerprint density at radius 3 is 3.00 bits per heavy atom. The molecular formula is C13H11N5S. The highest BCUT2D eigenvalue weighted by molar-refractivity contribution is 7.09. The van der Waals surface area contributed by atoms with Gasteiger partial charge in [-0.2, -0.15) is 5.26 Å². The molecule has 0 saturated carbocycles. The summed E-state index contributed by atoms with van der Waals surface area (Å²) in [5, 5.41) is 13.1. The molecule has 5 nitrogen and oxygen atoms in total. The van der Waals surface area contributed by atoms with Gasteiger partial charge in [0.1, 0.15) is 4.88 Å². The number of hydrogen-bond donors (Lipinski definition) is 0. The zero-order valence-corrected chi connectivity index (χ0v) is 11.4. The first-order valence-corrected chi connectivity index (χ1v) is 6.70. The molecule has 3 rings (SSSR count). The van der Waals surface area contributed by atoms with Crippen LogP contribution in [0.3, 0.4) is 0 Å². The van der Waals surface area contributed by atoms with E-state index in [0.717, 1.165) is 33.8 Å². The number of nitrogens with zero attached hydrogens (tertiary/aromatic N) is 5. The lowest BCUT2D eigenvalue weighted by molar-refractivity contribution is 0.945. The molecule has 0 spiro atoms. The van der Waals surface area contributed by atoms with Gasteiger partial charge in [-0.15, -0.1) is 5.10 Å². The molecule has 2 heterocycles. The topological polar surface area (TPSA) is 67.4 Å². The predicted octanol–water partition coefficient (Wildman–Crippen LogP) is 2.53. The standard InChI is InChI=1S/C13H11N5S/c1-3-9-12(19-17-16-9)13-15-10-6-8(7-14)4-5-11(10)18(13)2/h4-6H,3H2,1-2H3. The van der Waals surface area contributed by atoms with Gasteiger partial charge in [0, 0.05) is 7.05 Å². The Kier molecular flexibility index (Phi) is 2.76. The summed E-state index contributed by atoms with van der Waals surface area (Å²) in [6.45, 7) is 2.05. The van der Waals surface area contributed by atoms with Crippen LogP contribution in [0.4, 0.5) is 0 Å². The molecular weight excluding hydrogens is 258 g/mol. The summed E-state index contributed by atoms with van der Waals surface area (Å²) in [6, 6.07) is 7.66. The number of hydrogen-bond acceptors (Lipinski definition) is 5. The average Bonchev–Trinajstić information content (AvgIpc) is 3.02. The van der Waals surface area contributed by atoms with Crippen molar-refractivity contribution < 1.29 is 0 Å². The van der Waals surface area contributed by atoms with Crippen LogP contribution in [0, 0.1) is 11.3 Å². The summed E-state index contributed by atoms with van der Waals surface area (Å²) in [5.41, 5.74) is 3.41. The Hall–Kier alpha value is -2.26. The highest BCUT2D eigenvalue weighted by Crippen LogP contribution is 2.28. The Morgan fingerprint density at radius 2 is 2.26 bits per heavy atom. The van der Waals surface area contributed by atoms with Crippen molar-refractivity contribution in [1.29, 1.82) is 5.26 Å².